The highest BCUT2D eigenvalue weighted by molar-refractivity contribution is 5.86. The molecule has 1 N–H and O–H groups in total. The van der Waals surface area contributed by atoms with Crippen LogP contribution in [0.3, 0.4) is 0 Å². The number of fused-ring (bicyclic) bond motifs is 1. The van der Waals surface area contributed by atoms with Crippen molar-refractivity contribution >= 4 is 12.1 Å². The molecule has 0 aliphatic carbocycles. The second-order valence-corrected chi connectivity index (χ2v) is 7.50. The van der Waals surface area contributed by atoms with Crippen molar-refractivity contribution in [1.82, 2.24) is 9.99 Å². The number of nitrogens with one attached hydrogen (secondary N) is 1. The Kier molecular flexibility index (Phi) is 5.31. The fourth-order valence-corrected chi connectivity index (χ4v) is 3.81. The van der Waals surface area contributed by atoms with Crippen molar-refractivity contribution in [3.63, 3.8) is 0 Å². The molecule has 0 radical (unpaired) electrons. The van der Waals surface area contributed by atoms with Crippen molar-refractivity contribution in [3.05, 3.63) is 76.6 Å². The van der Waals surface area contributed by atoms with Crippen LogP contribution in [0.25, 0.3) is 5.69 Å². The maximum Gasteiger partial charge on any atom is 0.284 e. The highest BCUT2D eigenvalue weighted by atomic mass is 16.6. The summed E-state index contributed by atoms with van der Waals surface area (Å²) >= 11 is 0. The largest absolute Gasteiger partial charge is 0.485 e. The number of ether oxygens (including phenoxy) is 2. The summed E-state index contributed by atoms with van der Waals surface area (Å²) in [6.45, 7) is 8.50. The van der Waals surface area contributed by atoms with Crippen molar-refractivity contribution < 1.29 is 14.3 Å². The molecule has 0 fully saturated rings. The minimum Gasteiger partial charge on any atom is -0.485 e. The molecule has 154 valence electrons. The van der Waals surface area contributed by atoms with Gasteiger partial charge in [-0.3, -0.25) is 4.79 Å². The number of para-hydroxylation sites is 3. The first-order valence-corrected chi connectivity index (χ1v) is 9.92. The molecule has 0 bridgehead atoms. The summed E-state index contributed by atoms with van der Waals surface area (Å²) < 4.78 is 13.5. The highest BCUT2D eigenvalue weighted by Crippen LogP contribution is 2.31. The number of amides is 1. The normalized spacial score (nSPS) is 15.4. The van der Waals surface area contributed by atoms with E-state index < -0.39 is 6.10 Å². The number of rotatable bonds is 4. The topological polar surface area (TPSA) is 64.9 Å². The van der Waals surface area contributed by atoms with Crippen LogP contribution in [0.2, 0.25) is 0 Å². The van der Waals surface area contributed by atoms with Gasteiger partial charge in [0.1, 0.15) is 6.61 Å². The number of aryl methyl sites for hydroxylation is 3. The number of hydrazone groups is 1. The minimum absolute atomic E-state index is 0.152. The van der Waals surface area contributed by atoms with E-state index in [1.165, 1.54) is 16.8 Å². The van der Waals surface area contributed by atoms with Crippen LogP contribution in [-0.2, 0) is 4.79 Å². The standard InChI is InChI=1S/C24H25N3O3/c1-15-8-7-9-16(2)23(15)27-17(3)12-19(18(27)4)13-25-26-24(28)22-14-29-20-10-5-6-11-21(20)30-22/h5-13,22H,14H2,1-4H3,(H,26,28)/b25-13+. The van der Waals surface area contributed by atoms with Crippen molar-refractivity contribution in [2.24, 2.45) is 5.10 Å². The Balaban J connectivity index is 1.48. The van der Waals surface area contributed by atoms with E-state index in [1.807, 2.05) is 18.2 Å². The summed E-state index contributed by atoms with van der Waals surface area (Å²) in [5, 5.41) is 4.15. The Bertz CT molecular complexity index is 1110. The number of nitrogens with zero attached hydrogens (tertiary/aromatic N) is 2. The van der Waals surface area contributed by atoms with Gasteiger partial charge in [0.15, 0.2) is 11.5 Å². The molecule has 6 heteroatoms. The first-order chi connectivity index (χ1) is 14.5. The molecule has 0 saturated carbocycles. The van der Waals surface area contributed by atoms with Crippen LogP contribution in [0, 0.1) is 27.7 Å². The van der Waals surface area contributed by atoms with Crippen LogP contribution < -0.4 is 14.9 Å². The second-order valence-electron chi connectivity index (χ2n) is 7.50. The van der Waals surface area contributed by atoms with Crippen molar-refractivity contribution in [1.29, 1.82) is 0 Å². The maximum atomic E-state index is 12.4. The molecule has 1 aromatic heterocycles. The van der Waals surface area contributed by atoms with Crippen LogP contribution in [0.15, 0.2) is 53.6 Å². The molecule has 4 rings (SSSR count). The summed E-state index contributed by atoms with van der Waals surface area (Å²) in [5.41, 5.74) is 9.29. The maximum absolute atomic E-state index is 12.4. The van der Waals surface area contributed by atoms with Gasteiger partial charge in [0.05, 0.1) is 11.9 Å². The molecular weight excluding hydrogens is 378 g/mol. The summed E-state index contributed by atoms with van der Waals surface area (Å²) in [5.74, 6) is 0.860. The van der Waals surface area contributed by atoms with Crippen LogP contribution >= 0.6 is 0 Å². The Hall–Kier alpha value is -3.54. The molecule has 30 heavy (non-hydrogen) atoms. The quantitative estimate of drug-likeness (QED) is 0.529. The third kappa shape index (κ3) is 3.68. The Morgan fingerprint density at radius 3 is 2.50 bits per heavy atom. The van der Waals surface area contributed by atoms with E-state index in [0.717, 1.165) is 17.0 Å². The predicted molar refractivity (Wildman–Crippen MR) is 117 cm³/mol. The van der Waals surface area contributed by atoms with Gasteiger partial charge < -0.3 is 14.0 Å². The van der Waals surface area contributed by atoms with Gasteiger partial charge in [0.2, 0.25) is 6.10 Å². The van der Waals surface area contributed by atoms with Crippen LogP contribution in [-0.4, -0.2) is 29.4 Å². The van der Waals surface area contributed by atoms with E-state index in [1.54, 1.807) is 12.3 Å². The van der Waals surface area contributed by atoms with E-state index in [2.05, 4.69) is 67.1 Å². The van der Waals surface area contributed by atoms with E-state index in [9.17, 15) is 4.79 Å². The fraction of sp³-hybridized carbons (Fsp3) is 0.250. The van der Waals surface area contributed by atoms with Crippen molar-refractivity contribution in [2.75, 3.05) is 6.61 Å². The first-order valence-electron chi connectivity index (χ1n) is 9.92. The third-order valence-corrected chi connectivity index (χ3v) is 5.31. The predicted octanol–water partition coefficient (Wildman–Crippen LogP) is 4.00. The number of hydrogen-bond donors (Lipinski definition) is 1. The SMILES string of the molecule is Cc1cccc(C)c1-n1c(C)cc(/C=N/NC(=O)C2COc3ccccc3O2)c1C. The molecule has 1 aliphatic rings. The van der Waals surface area contributed by atoms with Gasteiger partial charge >= 0.3 is 0 Å². The molecule has 2 aromatic carbocycles. The number of carbonyl (C=O) groups excluding carboxylic acids is 1. The number of hydrogen-bond acceptors (Lipinski definition) is 4. The fourth-order valence-electron chi connectivity index (χ4n) is 3.81. The molecular formula is C24H25N3O3. The van der Waals surface area contributed by atoms with E-state index in [4.69, 9.17) is 9.47 Å². The van der Waals surface area contributed by atoms with Gasteiger partial charge in [0, 0.05) is 17.0 Å². The van der Waals surface area contributed by atoms with Gasteiger partial charge in [0.25, 0.3) is 5.91 Å². The number of benzene rings is 2. The molecule has 3 aromatic rings. The molecule has 1 unspecified atom stereocenters. The van der Waals surface area contributed by atoms with Gasteiger partial charge in [-0.05, 0) is 57.0 Å². The van der Waals surface area contributed by atoms with E-state index in [-0.39, 0.29) is 12.5 Å². The lowest BCUT2D eigenvalue weighted by atomic mass is 10.1. The zero-order chi connectivity index (χ0) is 21.3. The van der Waals surface area contributed by atoms with Crippen LogP contribution in [0.4, 0.5) is 0 Å². The highest BCUT2D eigenvalue weighted by Gasteiger charge is 2.27. The summed E-state index contributed by atoms with van der Waals surface area (Å²) in [4.78, 5) is 12.4. The molecule has 1 atom stereocenters. The summed E-state index contributed by atoms with van der Waals surface area (Å²) in [6.07, 6.45) is 0.932. The minimum atomic E-state index is -0.737. The average molecular weight is 403 g/mol. The smallest absolute Gasteiger partial charge is 0.284 e. The molecule has 6 nitrogen and oxygen atoms in total. The Labute approximate surface area is 176 Å². The number of aromatic nitrogens is 1. The average Bonchev–Trinajstić information content (AvgIpc) is 3.01. The van der Waals surface area contributed by atoms with Crippen LogP contribution in [0.1, 0.15) is 28.1 Å². The summed E-state index contributed by atoms with van der Waals surface area (Å²) in [6, 6.07) is 15.6. The van der Waals surface area contributed by atoms with Crippen LogP contribution in [0.5, 0.6) is 11.5 Å². The first kappa shape index (κ1) is 19.8. The lowest BCUT2D eigenvalue weighted by Crippen LogP contribution is -2.42. The van der Waals surface area contributed by atoms with Gasteiger partial charge in [-0.2, -0.15) is 5.10 Å². The second kappa shape index (κ2) is 8.06. The molecule has 2 heterocycles. The van der Waals surface area contributed by atoms with Crippen molar-refractivity contribution in [2.45, 2.75) is 33.8 Å². The zero-order valence-corrected chi connectivity index (χ0v) is 17.6. The van der Waals surface area contributed by atoms with Gasteiger partial charge in [-0.15, -0.1) is 0 Å². The van der Waals surface area contributed by atoms with Gasteiger partial charge in [-0.25, -0.2) is 5.43 Å². The van der Waals surface area contributed by atoms with E-state index >= 15 is 0 Å². The zero-order valence-electron chi connectivity index (χ0n) is 17.6. The lowest BCUT2D eigenvalue weighted by Gasteiger charge is -2.24. The third-order valence-electron chi connectivity index (χ3n) is 5.31. The molecule has 1 amide bonds. The molecule has 0 saturated heterocycles. The molecule has 1 aliphatic heterocycles. The number of carbonyl (C=O) groups is 1. The van der Waals surface area contributed by atoms with E-state index in [0.29, 0.717) is 11.5 Å². The van der Waals surface area contributed by atoms with Crippen molar-refractivity contribution in [3.8, 4) is 17.2 Å². The van der Waals surface area contributed by atoms with Gasteiger partial charge in [-0.1, -0.05) is 30.3 Å². The summed E-state index contributed by atoms with van der Waals surface area (Å²) in [7, 11) is 0. The lowest BCUT2D eigenvalue weighted by molar-refractivity contribution is -0.130. The Morgan fingerprint density at radius 1 is 1.07 bits per heavy atom. The monoisotopic (exact) mass is 403 g/mol. The Morgan fingerprint density at radius 2 is 1.77 bits per heavy atom. The molecule has 0 spiro atoms.